The molecule has 1 aliphatic carbocycles. The Morgan fingerprint density at radius 2 is 1.96 bits per heavy atom. The highest BCUT2D eigenvalue weighted by Gasteiger charge is 2.19. The smallest absolute Gasteiger partial charge is 0.310 e. The highest BCUT2D eigenvalue weighted by Crippen LogP contribution is 2.27. The second kappa shape index (κ2) is 7.83. The van der Waals surface area contributed by atoms with Crippen LogP contribution in [0, 0.1) is 10.1 Å². The molecular formula is C18H20N2O5. The molecule has 0 atom stereocenters. The zero-order chi connectivity index (χ0) is 17.6. The van der Waals surface area contributed by atoms with E-state index in [0.29, 0.717) is 5.76 Å². The molecule has 1 N–H and O–H groups in total. The molecule has 0 radical (unpaired) electrons. The molecule has 1 heterocycles. The number of benzene rings is 1. The van der Waals surface area contributed by atoms with Gasteiger partial charge in [0.1, 0.15) is 12.4 Å². The predicted molar refractivity (Wildman–Crippen MR) is 90.5 cm³/mol. The lowest BCUT2D eigenvalue weighted by atomic mass is 9.95. The quantitative estimate of drug-likeness (QED) is 0.635. The molecule has 7 nitrogen and oxygen atoms in total. The topological polar surface area (TPSA) is 94.6 Å². The Labute approximate surface area is 145 Å². The van der Waals surface area contributed by atoms with Crippen molar-refractivity contribution in [2.45, 2.75) is 44.8 Å². The molecule has 132 valence electrons. The van der Waals surface area contributed by atoms with E-state index in [1.165, 1.54) is 18.6 Å². The summed E-state index contributed by atoms with van der Waals surface area (Å²) >= 11 is 0. The third-order valence-corrected chi connectivity index (χ3v) is 4.26. The largest absolute Gasteiger partial charge is 0.479 e. The van der Waals surface area contributed by atoms with E-state index in [1.54, 1.807) is 24.3 Å². The lowest BCUT2D eigenvalue weighted by molar-refractivity contribution is -0.386. The van der Waals surface area contributed by atoms with Crippen LogP contribution in [-0.2, 0) is 6.61 Å². The van der Waals surface area contributed by atoms with Gasteiger partial charge < -0.3 is 14.5 Å². The van der Waals surface area contributed by atoms with Crippen molar-refractivity contribution in [2.24, 2.45) is 0 Å². The number of hydrogen-bond donors (Lipinski definition) is 1. The SMILES string of the molecule is O=C(NC1CCCCC1)c1ccc(COc2ccccc2[N+](=O)[O-])o1. The van der Waals surface area contributed by atoms with Crippen molar-refractivity contribution in [3.05, 3.63) is 58.0 Å². The highest BCUT2D eigenvalue weighted by atomic mass is 16.6. The average Bonchev–Trinajstić information content (AvgIpc) is 3.10. The van der Waals surface area contributed by atoms with Crippen molar-refractivity contribution in [3.63, 3.8) is 0 Å². The highest BCUT2D eigenvalue weighted by molar-refractivity contribution is 5.91. The molecule has 7 heteroatoms. The van der Waals surface area contributed by atoms with E-state index in [1.807, 2.05) is 0 Å². The Bertz CT molecular complexity index is 749. The molecule has 1 aliphatic rings. The van der Waals surface area contributed by atoms with E-state index >= 15 is 0 Å². The van der Waals surface area contributed by atoms with Crippen LogP contribution in [0.25, 0.3) is 0 Å². The fourth-order valence-corrected chi connectivity index (χ4v) is 2.96. The lowest BCUT2D eigenvalue weighted by Crippen LogP contribution is -2.35. The van der Waals surface area contributed by atoms with Gasteiger partial charge in [-0.3, -0.25) is 14.9 Å². The number of ether oxygens (including phenoxy) is 1. The Kier molecular flexibility index (Phi) is 5.33. The second-order valence-corrected chi connectivity index (χ2v) is 6.09. The van der Waals surface area contributed by atoms with Gasteiger partial charge in [0, 0.05) is 12.1 Å². The van der Waals surface area contributed by atoms with Gasteiger partial charge in [-0.15, -0.1) is 0 Å². The third kappa shape index (κ3) is 4.37. The van der Waals surface area contributed by atoms with Crippen LogP contribution in [0.15, 0.2) is 40.8 Å². The molecule has 1 fully saturated rings. The van der Waals surface area contributed by atoms with Gasteiger partial charge in [0.15, 0.2) is 11.5 Å². The van der Waals surface area contributed by atoms with Gasteiger partial charge in [-0.05, 0) is 31.0 Å². The minimum absolute atomic E-state index is 0.0154. The average molecular weight is 344 g/mol. The molecular weight excluding hydrogens is 324 g/mol. The number of nitro groups is 1. The zero-order valence-electron chi connectivity index (χ0n) is 13.8. The van der Waals surface area contributed by atoms with Crippen LogP contribution in [0.3, 0.4) is 0 Å². The Hall–Kier alpha value is -2.83. The first-order valence-corrected chi connectivity index (χ1v) is 8.39. The summed E-state index contributed by atoms with van der Waals surface area (Å²) in [6.45, 7) is 0.0154. The zero-order valence-corrected chi connectivity index (χ0v) is 13.8. The van der Waals surface area contributed by atoms with Crippen LogP contribution in [-0.4, -0.2) is 16.9 Å². The minimum atomic E-state index is -0.499. The van der Waals surface area contributed by atoms with Gasteiger partial charge in [0.05, 0.1) is 4.92 Å². The summed E-state index contributed by atoms with van der Waals surface area (Å²) < 4.78 is 11.0. The normalized spacial score (nSPS) is 14.9. The first-order valence-electron chi connectivity index (χ1n) is 8.39. The number of para-hydroxylation sites is 2. The summed E-state index contributed by atoms with van der Waals surface area (Å²) in [4.78, 5) is 22.7. The van der Waals surface area contributed by atoms with Gasteiger partial charge in [0.2, 0.25) is 0 Å². The molecule has 0 spiro atoms. The lowest BCUT2D eigenvalue weighted by Gasteiger charge is -2.22. The molecule has 0 bridgehead atoms. The molecule has 3 rings (SSSR count). The number of rotatable bonds is 6. The van der Waals surface area contributed by atoms with Crippen molar-refractivity contribution in [1.82, 2.24) is 5.32 Å². The second-order valence-electron chi connectivity index (χ2n) is 6.09. The summed E-state index contributed by atoms with van der Waals surface area (Å²) in [5.74, 6) is 0.597. The monoisotopic (exact) mass is 344 g/mol. The number of hydrogen-bond acceptors (Lipinski definition) is 5. The van der Waals surface area contributed by atoms with Crippen molar-refractivity contribution in [1.29, 1.82) is 0 Å². The molecule has 1 amide bonds. The summed E-state index contributed by atoms with van der Waals surface area (Å²) in [5, 5.41) is 13.9. The van der Waals surface area contributed by atoms with E-state index < -0.39 is 4.92 Å². The fraction of sp³-hybridized carbons (Fsp3) is 0.389. The maximum atomic E-state index is 12.2. The van der Waals surface area contributed by atoms with Crippen molar-refractivity contribution >= 4 is 11.6 Å². The molecule has 0 unspecified atom stereocenters. The van der Waals surface area contributed by atoms with Crippen molar-refractivity contribution in [2.75, 3.05) is 0 Å². The first kappa shape index (κ1) is 17.0. The van der Waals surface area contributed by atoms with E-state index in [-0.39, 0.29) is 35.8 Å². The summed E-state index contributed by atoms with van der Waals surface area (Å²) in [5.41, 5.74) is -0.107. The fourth-order valence-electron chi connectivity index (χ4n) is 2.96. The Morgan fingerprint density at radius 1 is 1.20 bits per heavy atom. The minimum Gasteiger partial charge on any atom is -0.479 e. The first-order chi connectivity index (χ1) is 12.1. The number of amides is 1. The predicted octanol–water partition coefficient (Wildman–Crippen LogP) is 3.83. The van der Waals surface area contributed by atoms with Crippen LogP contribution in [0.5, 0.6) is 5.75 Å². The van der Waals surface area contributed by atoms with Gasteiger partial charge in [0.25, 0.3) is 5.91 Å². The molecule has 2 aromatic rings. The molecule has 1 saturated carbocycles. The van der Waals surface area contributed by atoms with E-state index in [2.05, 4.69) is 5.32 Å². The van der Waals surface area contributed by atoms with Gasteiger partial charge in [-0.2, -0.15) is 0 Å². The number of nitro benzene ring substituents is 1. The molecule has 25 heavy (non-hydrogen) atoms. The number of nitrogens with zero attached hydrogens (tertiary/aromatic N) is 1. The van der Waals surface area contributed by atoms with Crippen LogP contribution in [0.1, 0.15) is 48.4 Å². The van der Waals surface area contributed by atoms with Crippen molar-refractivity contribution < 1.29 is 18.9 Å². The Morgan fingerprint density at radius 3 is 2.72 bits per heavy atom. The number of carbonyl (C=O) groups is 1. The van der Waals surface area contributed by atoms with E-state index in [0.717, 1.165) is 25.7 Å². The standard InChI is InChI=1S/C18H20N2O5/c21-18(19-13-6-2-1-3-7-13)17-11-10-14(25-17)12-24-16-9-5-4-8-15(16)20(22)23/h4-5,8-11,13H,1-3,6-7,12H2,(H,19,21). The van der Waals surface area contributed by atoms with Crippen LogP contribution in [0.2, 0.25) is 0 Å². The van der Waals surface area contributed by atoms with Crippen molar-refractivity contribution in [3.8, 4) is 5.75 Å². The van der Waals surface area contributed by atoms with E-state index in [4.69, 9.17) is 9.15 Å². The van der Waals surface area contributed by atoms with Crippen LogP contribution >= 0.6 is 0 Å². The maximum absolute atomic E-state index is 12.2. The van der Waals surface area contributed by atoms with E-state index in [9.17, 15) is 14.9 Å². The Balaban J connectivity index is 1.58. The third-order valence-electron chi connectivity index (χ3n) is 4.26. The number of furan rings is 1. The van der Waals surface area contributed by atoms with Gasteiger partial charge in [-0.25, -0.2) is 0 Å². The van der Waals surface area contributed by atoms with Gasteiger partial charge in [-0.1, -0.05) is 31.4 Å². The number of carbonyl (C=O) groups excluding carboxylic acids is 1. The summed E-state index contributed by atoms with van der Waals surface area (Å²) in [7, 11) is 0. The van der Waals surface area contributed by atoms with Crippen LogP contribution < -0.4 is 10.1 Å². The van der Waals surface area contributed by atoms with Crippen LogP contribution in [0.4, 0.5) is 5.69 Å². The molecule has 0 aliphatic heterocycles. The number of nitrogens with one attached hydrogen (secondary N) is 1. The summed E-state index contributed by atoms with van der Waals surface area (Å²) in [6, 6.07) is 9.58. The molecule has 1 aromatic carbocycles. The van der Waals surface area contributed by atoms with Gasteiger partial charge >= 0.3 is 5.69 Å². The molecule has 0 saturated heterocycles. The summed E-state index contributed by atoms with van der Waals surface area (Å²) in [6.07, 6.45) is 5.50. The maximum Gasteiger partial charge on any atom is 0.310 e. The molecule has 1 aromatic heterocycles.